The third-order valence-corrected chi connectivity index (χ3v) is 5.13. The molecule has 5 nitrogen and oxygen atoms in total. The molecule has 3 aromatic rings. The van der Waals surface area contributed by atoms with Crippen LogP contribution in [0.3, 0.4) is 0 Å². The van der Waals surface area contributed by atoms with Gasteiger partial charge in [0.15, 0.2) is 0 Å². The van der Waals surface area contributed by atoms with Crippen LogP contribution < -0.4 is 0 Å². The van der Waals surface area contributed by atoms with Crippen molar-refractivity contribution in [2.24, 2.45) is 0 Å². The fraction of sp³-hybridized carbons (Fsp3) is 0.333. The molecule has 1 aromatic carbocycles. The molecule has 1 aliphatic heterocycles. The third-order valence-electron chi connectivity index (χ3n) is 4.48. The first-order valence-electron chi connectivity index (χ1n) is 8.25. The minimum atomic E-state index is 0.449. The normalized spacial score (nSPS) is 16.3. The van der Waals surface area contributed by atoms with E-state index in [9.17, 15) is 0 Å². The summed E-state index contributed by atoms with van der Waals surface area (Å²) in [6, 6.07) is 12.3. The Morgan fingerprint density at radius 1 is 1.08 bits per heavy atom. The second kappa shape index (κ2) is 7.15. The van der Waals surface area contributed by atoms with Crippen molar-refractivity contribution in [1.29, 1.82) is 0 Å². The summed E-state index contributed by atoms with van der Waals surface area (Å²) >= 11 is 1.49. The number of likely N-dealkylation sites (tertiary alicyclic amines) is 1. The maximum atomic E-state index is 4.82. The molecule has 0 unspecified atom stereocenters. The first-order chi connectivity index (χ1) is 11.9. The molecule has 0 spiro atoms. The lowest BCUT2D eigenvalue weighted by atomic mass is 9.95. The first-order valence-corrected chi connectivity index (χ1v) is 9.03. The highest BCUT2D eigenvalue weighted by Gasteiger charge is 2.23. The van der Waals surface area contributed by atoms with E-state index in [0.717, 1.165) is 49.6 Å². The molecule has 2 aromatic heterocycles. The fourth-order valence-corrected chi connectivity index (χ4v) is 3.70. The van der Waals surface area contributed by atoms with Crippen LogP contribution in [-0.2, 0) is 6.54 Å². The van der Waals surface area contributed by atoms with Crippen LogP contribution in [0, 0.1) is 0 Å². The van der Waals surface area contributed by atoms with Gasteiger partial charge in [-0.1, -0.05) is 34.8 Å². The van der Waals surface area contributed by atoms with Crippen molar-refractivity contribution in [2.75, 3.05) is 13.1 Å². The first kappa shape index (κ1) is 15.4. The van der Waals surface area contributed by atoms with Crippen molar-refractivity contribution in [3.8, 4) is 11.3 Å². The van der Waals surface area contributed by atoms with Crippen molar-refractivity contribution >= 4 is 11.5 Å². The van der Waals surface area contributed by atoms with Crippen molar-refractivity contribution < 1.29 is 0 Å². The van der Waals surface area contributed by atoms with Gasteiger partial charge < -0.3 is 0 Å². The second-order valence-electron chi connectivity index (χ2n) is 6.10. The molecule has 6 heteroatoms. The van der Waals surface area contributed by atoms with Crippen molar-refractivity contribution in [2.45, 2.75) is 25.3 Å². The molecule has 0 N–H and O–H groups in total. The van der Waals surface area contributed by atoms with Gasteiger partial charge in [0.2, 0.25) is 0 Å². The van der Waals surface area contributed by atoms with Crippen molar-refractivity contribution in [3.63, 3.8) is 0 Å². The zero-order valence-electron chi connectivity index (χ0n) is 13.4. The largest absolute Gasteiger partial charge is 0.298 e. The lowest BCUT2D eigenvalue weighted by molar-refractivity contribution is 0.203. The van der Waals surface area contributed by atoms with Crippen LogP contribution in [0.1, 0.15) is 29.5 Å². The minimum absolute atomic E-state index is 0.449. The molecule has 24 heavy (non-hydrogen) atoms. The standard InChI is InChI=1S/C18H19N5S/c1-2-4-14(5-3-1)17-6-9-19-18(21-17)15-7-10-23(11-8-15)13-16-12-20-22-24-16/h1-6,9,12,15H,7-8,10-11,13H2. The van der Waals surface area contributed by atoms with Crippen molar-refractivity contribution in [3.05, 3.63) is 59.5 Å². The van der Waals surface area contributed by atoms with Gasteiger partial charge in [0.05, 0.1) is 16.8 Å². The number of aromatic nitrogens is 4. The number of piperidine rings is 1. The van der Waals surface area contributed by atoms with E-state index in [4.69, 9.17) is 4.98 Å². The molecule has 0 atom stereocenters. The van der Waals surface area contributed by atoms with Crippen molar-refractivity contribution in [1.82, 2.24) is 24.5 Å². The van der Waals surface area contributed by atoms with Gasteiger partial charge in [-0.05, 0) is 43.5 Å². The van der Waals surface area contributed by atoms with E-state index in [-0.39, 0.29) is 0 Å². The number of nitrogens with zero attached hydrogens (tertiary/aromatic N) is 5. The van der Waals surface area contributed by atoms with Gasteiger partial charge in [0, 0.05) is 24.2 Å². The van der Waals surface area contributed by atoms with E-state index < -0.39 is 0 Å². The second-order valence-corrected chi connectivity index (χ2v) is 6.97. The lowest BCUT2D eigenvalue weighted by Crippen LogP contribution is -2.32. The molecule has 1 fully saturated rings. The van der Waals surface area contributed by atoms with Crippen LogP contribution in [0.2, 0.25) is 0 Å². The van der Waals surface area contributed by atoms with E-state index in [1.165, 1.54) is 16.4 Å². The predicted octanol–water partition coefficient (Wildman–Crippen LogP) is 3.37. The maximum Gasteiger partial charge on any atom is 0.132 e. The summed E-state index contributed by atoms with van der Waals surface area (Å²) in [5.74, 6) is 1.43. The summed E-state index contributed by atoms with van der Waals surface area (Å²) in [5.41, 5.74) is 2.16. The molecular weight excluding hydrogens is 318 g/mol. The molecule has 1 aliphatic rings. The Balaban J connectivity index is 1.42. The van der Waals surface area contributed by atoms with Crippen LogP contribution in [0.4, 0.5) is 0 Å². The Hall–Kier alpha value is -2.18. The van der Waals surface area contributed by atoms with Crippen LogP contribution in [0.5, 0.6) is 0 Å². The highest BCUT2D eigenvalue weighted by atomic mass is 32.1. The Morgan fingerprint density at radius 3 is 2.67 bits per heavy atom. The van der Waals surface area contributed by atoms with Crippen LogP contribution >= 0.6 is 11.5 Å². The summed E-state index contributed by atoms with van der Waals surface area (Å²) in [6.45, 7) is 3.10. The Bertz CT molecular complexity index is 767. The van der Waals surface area contributed by atoms with Gasteiger partial charge in [-0.3, -0.25) is 4.90 Å². The molecule has 1 saturated heterocycles. The predicted molar refractivity (Wildman–Crippen MR) is 94.6 cm³/mol. The van der Waals surface area contributed by atoms with E-state index in [0.29, 0.717) is 5.92 Å². The number of hydrogen-bond acceptors (Lipinski definition) is 6. The summed E-state index contributed by atoms with van der Waals surface area (Å²) in [4.78, 5) is 13.1. The summed E-state index contributed by atoms with van der Waals surface area (Å²) in [5, 5.41) is 3.91. The van der Waals surface area contributed by atoms with E-state index in [1.807, 2.05) is 36.7 Å². The Labute approximate surface area is 145 Å². The Kier molecular flexibility index (Phi) is 4.57. The molecular formula is C18H19N5S. The highest BCUT2D eigenvalue weighted by molar-refractivity contribution is 7.05. The highest BCUT2D eigenvalue weighted by Crippen LogP contribution is 2.28. The van der Waals surface area contributed by atoms with E-state index >= 15 is 0 Å². The number of benzene rings is 1. The fourth-order valence-electron chi connectivity index (χ4n) is 3.17. The van der Waals surface area contributed by atoms with E-state index in [1.54, 1.807) is 0 Å². The third kappa shape index (κ3) is 3.49. The monoisotopic (exact) mass is 337 g/mol. The van der Waals surface area contributed by atoms with Gasteiger partial charge in [-0.15, -0.1) is 5.10 Å². The zero-order chi connectivity index (χ0) is 16.2. The maximum absolute atomic E-state index is 4.82. The molecule has 0 amide bonds. The smallest absolute Gasteiger partial charge is 0.132 e. The summed E-state index contributed by atoms with van der Waals surface area (Å²) in [6.07, 6.45) is 5.96. The van der Waals surface area contributed by atoms with Gasteiger partial charge in [0.25, 0.3) is 0 Å². The zero-order valence-corrected chi connectivity index (χ0v) is 14.2. The molecule has 0 saturated carbocycles. The Morgan fingerprint density at radius 2 is 1.92 bits per heavy atom. The number of rotatable bonds is 4. The summed E-state index contributed by atoms with van der Waals surface area (Å²) < 4.78 is 3.93. The minimum Gasteiger partial charge on any atom is -0.298 e. The molecule has 4 rings (SSSR count). The van der Waals surface area contributed by atoms with Crippen LogP contribution in [0.25, 0.3) is 11.3 Å². The van der Waals surface area contributed by atoms with Gasteiger partial charge in [-0.25, -0.2) is 9.97 Å². The molecule has 0 bridgehead atoms. The van der Waals surface area contributed by atoms with Crippen LogP contribution in [-0.4, -0.2) is 37.5 Å². The van der Waals surface area contributed by atoms with Crippen LogP contribution in [0.15, 0.2) is 48.8 Å². The lowest BCUT2D eigenvalue weighted by Gasteiger charge is -2.30. The molecule has 122 valence electrons. The summed E-state index contributed by atoms with van der Waals surface area (Å²) in [7, 11) is 0. The van der Waals surface area contributed by atoms with Gasteiger partial charge in [-0.2, -0.15) is 0 Å². The van der Waals surface area contributed by atoms with Gasteiger partial charge in [0.1, 0.15) is 5.82 Å². The molecule has 0 aliphatic carbocycles. The topological polar surface area (TPSA) is 54.8 Å². The van der Waals surface area contributed by atoms with Gasteiger partial charge >= 0.3 is 0 Å². The average molecular weight is 337 g/mol. The molecule has 0 radical (unpaired) electrons. The quantitative estimate of drug-likeness (QED) is 0.730. The molecule has 3 heterocycles. The average Bonchev–Trinajstić information content (AvgIpc) is 3.16. The number of hydrogen-bond donors (Lipinski definition) is 0. The SMILES string of the molecule is c1ccc(-c2ccnc(C3CCN(Cc4cnns4)CC3)n2)cc1. The van der Waals surface area contributed by atoms with E-state index in [2.05, 4.69) is 31.6 Å².